The van der Waals surface area contributed by atoms with E-state index < -0.39 is 76.4 Å². The number of ether oxygens (including phenoxy) is 2. The third kappa shape index (κ3) is 13.0. The summed E-state index contributed by atoms with van der Waals surface area (Å²) in [6, 6.07) is 11.1. The van der Waals surface area contributed by atoms with Crippen LogP contribution in [0.5, 0.6) is 11.5 Å². The van der Waals surface area contributed by atoms with E-state index in [1.807, 2.05) is 0 Å². The summed E-state index contributed by atoms with van der Waals surface area (Å²) in [4.78, 5) is 11.9. The molecule has 0 aromatic heterocycles. The Balaban J connectivity index is 1.88. The third-order valence-electron chi connectivity index (χ3n) is 6.89. The van der Waals surface area contributed by atoms with Gasteiger partial charge >= 0.3 is 76.4 Å². The Morgan fingerprint density at radius 3 is 1.46 bits per heavy atom. The van der Waals surface area contributed by atoms with Crippen molar-refractivity contribution in [3.05, 3.63) is 55.7 Å². The molecule has 0 aliphatic carbocycles. The van der Waals surface area contributed by atoms with Gasteiger partial charge in [0.05, 0.1) is 13.2 Å². The van der Waals surface area contributed by atoms with E-state index in [1.54, 1.807) is 0 Å². The number of benzene rings is 2. The molecule has 0 saturated carbocycles. The Morgan fingerprint density at radius 2 is 1.02 bits per heavy atom. The molecular weight excluding hydrogens is 896 g/mol. The molecule has 16 heteroatoms. The number of carbonyl (C=O) groups excluding carboxylic acids is 1. The SMILES string of the molecule is CCCCCCCCOc1ccc([I+]OC(=O)C(F)(F)C(F)(F)C(F)(F)S(=O)(=O)O[I+]c2ccc(OCCCCCCCC)cc2)cc1. The molecule has 0 N–H and O–H groups in total. The second-order valence-electron chi connectivity index (χ2n) is 10.8. The number of carbonyl (C=O) groups is 1. The van der Waals surface area contributed by atoms with Crippen molar-refractivity contribution >= 4 is 16.1 Å². The van der Waals surface area contributed by atoms with E-state index in [-0.39, 0.29) is 7.14 Å². The molecule has 0 saturated heterocycles. The van der Waals surface area contributed by atoms with Gasteiger partial charge in [-0.15, -0.1) is 0 Å². The summed E-state index contributed by atoms with van der Waals surface area (Å²) in [5, 5.41) is -6.46. The zero-order chi connectivity index (χ0) is 35.7. The second-order valence-corrected chi connectivity index (χ2v) is 17.3. The second kappa shape index (κ2) is 21.0. The predicted octanol–water partition coefficient (Wildman–Crippen LogP) is 2.97. The van der Waals surface area contributed by atoms with Gasteiger partial charge in [-0.2, -0.15) is 34.8 Å². The molecule has 48 heavy (non-hydrogen) atoms. The fraction of sp³-hybridized carbons (Fsp3) is 0.594. The smallest absolute Gasteiger partial charge is 0.494 e. The van der Waals surface area contributed by atoms with E-state index in [0.717, 1.165) is 70.6 Å². The van der Waals surface area contributed by atoms with E-state index >= 15 is 0 Å². The Labute approximate surface area is 300 Å². The number of unbranched alkanes of at least 4 members (excludes halogenated alkanes) is 10. The average Bonchev–Trinajstić information content (AvgIpc) is 3.06. The van der Waals surface area contributed by atoms with Gasteiger partial charge in [-0.05, 0) is 63.9 Å². The minimum absolute atomic E-state index is 0.0677. The van der Waals surface area contributed by atoms with Gasteiger partial charge in [-0.25, -0.2) is 7.86 Å². The Kier molecular flexibility index (Phi) is 18.6. The normalized spacial score (nSPS) is 12.6. The van der Waals surface area contributed by atoms with Gasteiger partial charge in [-0.3, -0.25) is 0 Å². The molecule has 0 aliphatic heterocycles. The fourth-order valence-corrected chi connectivity index (χ4v) is 8.75. The first-order valence-electron chi connectivity index (χ1n) is 15.7. The minimum Gasteiger partial charge on any atom is -0.494 e. The third-order valence-corrected chi connectivity index (χ3v) is 13.0. The Hall–Kier alpha value is -1.54. The summed E-state index contributed by atoms with van der Waals surface area (Å²) in [7, 11) is -6.62. The first kappa shape index (κ1) is 42.6. The number of hydrogen-bond donors (Lipinski definition) is 0. The molecule has 0 aliphatic rings. The maximum Gasteiger partial charge on any atom is 0.584 e. The van der Waals surface area contributed by atoms with Gasteiger partial charge < -0.3 is 9.47 Å². The Morgan fingerprint density at radius 1 is 0.625 bits per heavy atom. The van der Waals surface area contributed by atoms with Crippen molar-refractivity contribution < 1.29 is 97.8 Å². The molecule has 0 atom stereocenters. The van der Waals surface area contributed by atoms with Gasteiger partial charge in [-0.1, -0.05) is 78.1 Å². The van der Waals surface area contributed by atoms with Crippen LogP contribution in [0.4, 0.5) is 26.3 Å². The van der Waals surface area contributed by atoms with Crippen molar-refractivity contribution in [2.75, 3.05) is 13.2 Å². The van der Waals surface area contributed by atoms with Crippen LogP contribution in [-0.2, 0) is 20.5 Å². The highest BCUT2D eigenvalue weighted by molar-refractivity contribution is 7.87. The van der Waals surface area contributed by atoms with Gasteiger partial charge in [0.25, 0.3) is 0 Å². The van der Waals surface area contributed by atoms with Crippen molar-refractivity contribution in [3.63, 3.8) is 0 Å². The first-order valence-corrected chi connectivity index (χ1v) is 21.1. The first-order chi connectivity index (χ1) is 22.7. The molecule has 0 unspecified atom stereocenters. The molecule has 0 amide bonds. The highest BCUT2D eigenvalue weighted by Gasteiger charge is 2.83. The summed E-state index contributed by atoms with van der Waals surface area (Å²) in [6.07, 6.45) is 12.7. The van der Waals surface area contributed by atoms with Crippen LogP contribution in [0.15, 0.2) is 48.5 Å². The fourth-order valence-electron chi connectivity index (χ4n) is 4.02. The molecule has 0 bridgehead atoms. The van der Waals surface area contributed by atoms with Crippen LogP contribution in [0.3, 0.4) is 0 Å². The van der Waals surface area contributed by atoms with E-state index in [9.17, 15) is 39.6 Å². The van der Waals surface area contributed by atoms with Crippen molar-refractivity contribution in [1.29, 1.82) is 0 Å². The van der Waals surface area contributed by atoms with E-state index in [2.05, 4.69) is 19.4 Å². The number of alkyl halides is 6. The zero-order valence-electron chi connectivity index (χ0n) is 26.8. The van der Waals surface area contributed by atoms with E-state index in [1.165, 1.54) is 55.0 Å². The summed E-state index contributed by atoms with van der Waals surface area (Å²) in [5.41, 5.74) is 0. The van der Waals surface area contributed by atoms with E-state index in [4.69, 9.17) is 9.47 Å². The van der Waals surface area contributed by atoms with Gasteiger partial charge in [0.2, 0.25) is 7.14 Å². The molecule has 2 aromatic carbocycles. The standard InChI is InChI=1S/C32H42F6I2O7S/c1-3-5-7-9-11-13-23-44-27-19-15-25(16-20-27)39-46-29(41)30(33,34)31(35,36)32(37,38)48(42,43)47-40-26-17-21-28(22-18-26)45-24-14-12-10-8-6-4-2/h15-22H,3-14,23-24H2,1-2H3/q+2. The van der Waals surface area contributed by atoms with Crippen LogP contribution >= 0.6 is 0 Å². The van der Waals surface area contributed by atoms with E-state index in [0.29, 0.717) is 24.7 Å². The molecule has 7 nitrogen and oxygen atoms in total. The van der Waals surface area contributed by atoms with Crippen LogP contribution < -0.4 is 52.7 Å². The average molecular weight is 939 g/mol. The van der Waals surface area contributed by atoms with Crippen molar-refractivity contribution in [2.24, 2.45) is 0 Å². The van der Waals surface area contributed by atoms with Gasteiger partial charge in [0.1, 0.15) is 11.5 Å². The topological polar surface area (TPSA) is 88.1 Å². The monoisotopic (exact) mass is 938 g/mol. The maximum atomic E-state index is 14.5. The van der Waals surface area contributed by atoms with Crippen LogP contribution in [0.25, 0.3) is 0 Å². The lowest BCUT2D eigenvalue weighted by Crippen LogP contribution is -3.62. The lowest BCUT2D eigenvalue weighted by Gasteiger charge is -2.27. The largest absolute Gasteiger partial charge is 0.584 e. The summed E-state index contributed by atoms with van der Waals surface area (Å²) < 4.78 is 131. The molecule has 0 heterocycles. The Bertz CT molecular complexity index is 1330. The van der Waals surface area contributed by atoms with Crippen LogP contribution in [-0.4, -0.2) is 44.7 Å². The molecule has 0 radical (unpaired) electrons. The zero-order valence-corrected chi connectivity index (χ0v) is 31.9. The summed E-state index contributed by atoms with van der Waals surface area (Å²) in [5.74, 6) is -15.0. The van der Waals surface area contributed by atoms with Gasteiger partial charge in [0, 0.05) is 0 Å². The molecule has 0 fully saturated rings. The number of halogens is 8. The lowest BCUT2D eigenvalue weighted by molar-refractivity contribution is -0.853. The van der Waals surface area contributed by atoms with Crippen LogP contribution in [0.1, 0.15) is 90.9 Å². The van der Waals surface area contributed by atoms with Crippen LogP contribution in [0, 0.1) is 7.14 Å². The molecule has 2 aromatic rings. The minimum atomic E-state index is -6.69. The van der Waals surface area contributed by atoms with Crippen molar-refractivity contribution in [2.45, 2.75) is 108 Å². The van der Waals surface area contributed by atoms with Crippen LogP contribution in [0.2, 0.25) is 0 Å². The van der Waals surface area contributed by atoms with Crippen molar-refractivity contribution in [1.82, 2.24) is 0 Å². The molecule has 272 valence electrons. The highest BCUT2D eigenvalue weighted by Crippen LogP contribution is 2.48. The summed E-state index contributed by atoms with van der Waals surface area (Å²) >= 11 is -4.47. The number of hydrogen-bond acceptors (Lipinski definition) is 7. The molecule has 0 spiro atoms. The molecule has 2 rings (SSSR count). The lowest BCUT2D eigenvalue weighted by atomic mass is 10.1. The van der Waals surface area contributed by atoms with Crippen molar-refractivity contribution in [3.8, 4) is 11.5 Å². The highest BCUT2D eigenvalue weighted by atomic mass is 127. The quantitative estimate of drug-likeness (QED) is 0.0861. The maximum absolute atomic E-state index is 14.5. The molecular formula is C32H42F6I2O7S+2. The summed E-state index contributed by atoms with van der Waals surface area (Å²) in [6.45, 7) is 5.10. The predicted molar refractivity (Wildman–Crippen MR) is 159 cm³/mol. The van der Waals surface area contributed by atoms with Gasteiger partial charge in [0.15, 0.2) is 0 Å². The number of rotatable bonds is 25.